The van der Waals surface area contributed by atoms with Crippen molar-refractivity contribution in [3.05, 3.63) is 17.5 Å². The molecule has 0 fully saturated rings. The van der Waals surface area contributed by atoms with E-state index in [-0.39, 0.29) is 11.9 Å². The molecule has 5 nitrogen and oxygen atoms in total. The molecular formula is C11H20N4O. The summed E-state index contributed by atoms with van der Waals surface area (Å²) in [6.45, 7) is 7.25. The largest absolute Gasteiger partial charge is 0.355 e. The maximum absolute atomic E-state index is 11.5. The van der Waals surface area contributed by atoms with Gasteiger partial charge in [-0.1, -0.05) is 6.92 Å². The van der Waals surface area contributed by atoms with E-state index in [0.717, 1.165) is 24.2 Å². The van der Waals surface area contributed by atoms with E-state index in [1.165, 1.54) is 0 Å². The van der Waals surface area contributed by atoms with Crippen LogP contribution in [0.4, 0.5) is 0 Å². The monoisotopic (exact) mass is 224 g/mol. The summed E-state index contributed by atoms with van der Waals surface area (Å²) < 4.78 is 0. The van der Waals surface area contributed by atoms with E-state index in [9.17, 15) is 4.79 Å². The molecule has 1 aromatic heterocycles. The Morgan fingerprint density at radius 1 is 1.62 bits per heavy atom. The predicted octanol–water partition coefficient (Wildman–Crippen LogP) is 0.722. The molecule has 0 aliphatic rings. The molecule has 3 N–H and O–H groups in total. The summed E-state index contributed by atoms with van der Waals surface area (Å²) in [7, 11) is 0. The predicted molar refractivity (Wildman–Crippen MR) is 62.9 cm³/mol. The van der Waals surface area contributed by atoms with Crippen molar-refractivity contribution in [3.63, 3.8) is 0 Å². The lowest BCUT2D eigenvalue weighted by molar-refractivity contribution is -0.122. The van der Waals surface area contributed by atoms with Crippen molar-refractivity contribution in [1.29, 1.82) is 0 Å². The van der Waals surface area contributed by atoms with Gasteiger partial charge in [-0.2, -0.15) is 5.10 Å². The molecule has 90 valence electrons. The molecule has 0 radical (unpaired) electrons. The number of nitrogens with one attached hydrogen (secondary N) is 3. The third kappa shape index (κ3) is 3.66. The average Bonchev–Trinajstić information content (AvgIpc) is 2.68. The molecule has 1 heterocycles. The minimum atomic E-state index is -0.180. The van der Waals surface area contributed by atoms with E-state index in [4.69, 9.17) is 0 Å². The Morgan fingerprint density at radius 2 is 2.38 bits per heavy atom. The topological polar surface area (TPSA) is 69.8 Å². The minimum absolute atomic E-state index is 0.0444. The second-order valence-corrected chi connectivity index (χ2v) is 3.91. The summed E-state index contributed by atoms with van der Waals surface area (Å²) in [6, 6.07) is -0.180. The highest BCUT2D eigenvalue weighted by Gasteiger charge is 2.11. The van der Waals surface area contributed by atoms with Crippen molar-refractivity contribution in [2.45, 2.75) is 39.8 Å². The van der Waals surface area contributed by atoms with Crippen molar-refractivity contribution >= 4 is 5.91 Å². The third-order valence-electron chi connectivity index (χ3n) is 2.48. The first-order chi connectivity index (χ1) is 7.65. The smallest absolute Gasteiger partial charge is 0.236 e. The van der Waals surface area contributed by atoms with Gasteiger partial charge in [-0.3, -0.25) is 9.89 Å². The van der Waals surface area contributed by atoms with Gasteiger partial charge >= 0.3 is 0 Å². The van der Waals surface area contributed by atoms with Crippen LogP contribution in [-0.4, -0.2) is 28.7 Å². The highest BCUT2D eigenvalue weighted by atomic mass is 16.2. The van der Waals surface area contributed by atoms with Gasteiger partial charge in [-0.25, -0.2) is 0 Å². The zero-order valence-corrected chi connectivity index (χ0v) is 10.1. The molecule has 0 saturated carbocycles. The first-order valence-electron chi connectivity index (χ1n) is 5.65. The van der Waals surface area contributed by atoms with E-state index < -0.39 is 0 Å². The SMILES string of the molecule is CCCNC(=O)C(C)NCc1cn[nH]c1C. The zero-order valence-electron chi connectivity index (χ0n) is 10.1. The molecule has 0 saturated heterocycles. The van der Waals surface area contributed by atoms with Gasteiger partial charge in [0.05, 0.1) is 12.2 Å². The Labute approximate surface area is 96.0 Å². The fraction of sp³-hybridized carbons (Fsp3) is 0.636. The van der Waals surface area contributed by atoms with Crippen LogP contribution >= 0.6 is 0 Å². The number of amides is 1. The van der Waals surface area contributed by atoms with Gasteiger partial charge in [-0.05, 0) is 20.3 Å². The van der Waals surface area contributed by atoms with Crippen LogP contribution in [0.2, 0.25) is 0 Å². The molecule has 0 spiro atoms. The Bertz CT molecular complexity index is 334. The molecule has 1 atom stereocenters. The van der Waals surface area contributed by atoms with E-state index in [2.05, 4.69) is 20.8 Å². The van der Waals surface area contributed by atoms with Crippen molar-refractivity contribution in [3.8, 4) is 0 Å². The summed E-state index contributed by atoms with van der Waals surface area (Å²) in [5, 5.41) is 12.8. The van der Waals surface area contributed by atoms with Crippen LogP contribution in [0.15, 0.2) is 6.20 Å². The van der Waals surface area contributed by atoms with Gasteiger partial charge in [0.15, 0.2) is 0 Å². The summed E-state index contributed by atoms with van der Waals surface area (Å²) in [5.74, 6) is 0.0444. The van der Waals surface area contributed by atoms with Crippen LogP contribution in [0.1, 0.15) is 31.5 Å². The zero-order chi connectivity index (χ0) is 12.0. The van der Waals surface area contributed by atoms with Gasteiger partial charge in [-0.15, -0.1) is 0 Å². The summed E-state index contributed by atoms with van der Waals surface area (Å²) in [4.78, 5) is 11.5. The lowest BCUT2D eigenvalue weighted by Gasteiger charge is -2.13. The number of carbonyl (C=O) groups excluding carboxylic acids is 1. The number of nitrogens with zero attached hydrogens (tertiary/aromatic N) is 1. The lowest BCUT2D eigenvalue weighted by atomic mass is 10.2. The number of H-pyrrole nitrogens is 1. The molecule has 1 amide bonds. The number of aryl methyl sites for hydroxylation is 1. The van der Waals surface area contributed by atoms with Crippen LogP contribution in [-0.2, 0) is 11.3 Å². The van der Waals surface area contributed by atoms with E-state index in [0.29, 0.717) is 6.54 Å². The van der Waals surface area contributed by atoms with Gasteiger partial charge < -0.3 is 10.6 Å². The maximum Gasteiger partial charge on any atom is 0.236 e. The molecule has 0 bridgehead atoms. The van der Waals surface area contributed by atoms with Gasteiger partial charge in [0, 0.05) is 24.3 Å². The molecule has 1 rings (SSSR count). The molecule has 1 aromatic rings. The Hall–Kier alpha value is -1.36. The van der Waals surface area contributed by atoms with Crippen LogP contribution in [0.5, 0.6) is 0 Å². The number of aromatic nitrogens is 2. The van der Waals surface area contributed by atoms with E-state index in [1.807, 2.05) is 20.8 Å². The van der Waals surface area contributed by atoms with Crippen molar-refractivity contribution in [1.82, 2.24) is 20.8 Å². The third-order valence-corrected chi connectivity index (χ3v) is 2.48. The fourth-order valence-corrected chi connectivity index (χ4v) is 1.31. The Balaban J connectivity index is 2.32. The summed E-state index contributed by atoms with van der Waals surface area (Å²) in [5.41, 5.74) is 2.13. The van der Waals surface area contributed by atoms with Crippen molar-refractivity contribution in [2.24, 2.45) is 0 Å². The highest BCUT2D eigenvalue weighted by Crippen LogP contribution is 2.01. The standard InChI is InChI=1S/C11H20N4O/c1-4-5-12-11(16)9(3)13-6-10-7-14-15-8(10)2/h7,9,13H,4-6H2,1-3H3,(H,12,16)(H,14,15). The summed E-state index contributed by atoms with van der Waals surface area (Å²) >= 11 is 0. The molecule has 0 aromatic carbocycles. The van der Waals surface area contributed by atoms with Gasteiger partial charge in [0.25, 0.3) is 0 Å². The lowest BCUT2D eigenvalue weighted by Crippen LogP contribution is -2.42. The molecule has 0 aliphatic heterocycles. The van der Waals surface area contributed by atoms with Crippen LogP contribution in [0.25, 0.3) is 0 Å². The van der Waals surface area contributed by atoms with E-state index in [1.54, 1.807) is 6.20 Å². The average molecular weight is 224 g/mol. The number of aromatic amines is 1. The van der Waals surface area contributed by atoms with Crippen LogP contribution < -0.4 is 10.6 Å². The first-order valence-corrected chi connectivity index (χ1v) is 5.65. The highest BCUT2D eigenvalue weighted by molar-refractivity contribution is 5.81. The van der Waals surface area contributed by atoms with Gasteiger partial charge in [0.2, 0.25) is 5.91 Å². The fourth-order valence-electron chi connectivity index (χ4n) is 1.31. The maximum atomic E-state index is 11.5. The number of hydrogen-bond donors (Lipinski definition) is 3. The second-order valence-electron chi connectivity index (χ2n) is 3.91. The number of hydrogen-bond acceptors (Lipinski definition) is 3. The van der Waals surface area contributed by atoms with Crippen LogP contribution in [0, 0.1) is 6.92 Å². The Morgan fingerprint density at radius 3 is 2.94 bits per heavy atom. The van der Waals surface area contributed by atoms with Crippen molar-refractivity contribution in [2.75, 3.05) is 6.54 Å². The number of carbonyl (C=O) groups is 1. The van der Waals surface area contributed by atoms with Crippen LogP contribution in [0.3, 0.4) is 0 Å². The number of rotatable bonds is 6. The molecule has 5 heteroatoms. The first kappa shape index (κ1) is 12.7. The second kappa shape index (κ2) is 6.27. The molecule has 16 heavy (non-hydrogen) atoms. The normalized spacial score (nSPS) is 12.4. The molecule has 1 unspecified atom stereocenters. The Kier molecular flexibility index (Phi) is 4.98. The minimum Gasteiger partial charge on any atom is -0.355 e. The quantitative estimate of drug-likeness (QED) is 0.667. The summed E-state index contributed by atoms with van der Waals surface area (Å²) in [6.07, 6.45) is 2.73. The molecular weight excluding hydrogens is 204 g/mol. The van der Waals surface area contributed by atoms with E-state index >= 15 is 0 Å². The molecule has 0 aliphatic carbocycles. The van der Waals surface area contributed by atoms with Gasteiger partial charge in [0.1, 0.15) is 0 Å². The van der Waals surface area contributed by atoms with Crippen molar-refractivity contribution < 1.29 is 4.79 Å².